The molecule has 0 saturated heterocycles. The summed E-state index contributed by atoms with van der Waals surface area (Å²) in [5, 5.41) is 6.72. The molecule has 1 atom stereocenters. The second kappa shape index (κ2) is 2.79. The van der Waals surface area contributed by atoms with Crippen molar-refractivity contribution in [2.45, 2.75) is 26.3 Å². The fourth-order valence-corrected chi connectivity index (χ4v) is 0.672. The molecular formula is C6H12N4. The van der Waals surface area contributed by atoms with Gasteiger partial charge < -0.3 is 5.73 Å². The van der Waals surface area contributed by atoms with Gasteiger partial charge in [-0.1, -0.05) is 6.92 Å². The smallest absolute Gasteiger partial charge is 0.167 e. The van der Waals surface area contributed by atoms with Crippen LogP contribution < -0.4 is 5.73 Å². The van der Waals surface area contributed by atoms with Gasteiger partial charge in [0, 0.05) is 6.42 Å². The molecule has 0 spiro atoms. The molecule has 10 heavy (non-hydrogen) atoms. The number of aromatic amines is 1. The minimum absolute atomic E-state index is 0.0726. The molecule has 0 saturated carbocycles. The van der Waals surface area contributed by atoms with Gasteiger partial charge in [0.1, 0.15) is 5.82 Å². The van der Waals surface area contributed by atoms with Crippen LogP contribution in [0.2, 0.25) is 0 Å². The van der Waals surface area contributed by atoms with Crippen LogP contribution in [-0.4, -0.2) is 15.2 Å². The Morgan fingerprint density at radius 1 is 1.70 bits per heavy atom. The van der Waals surface area contributed by atoms with Crippen molar-refractivity contribution in [2.24, 2.45) is 5.73 Å². The molecular weight excluding hydrogens is 128 g/mol. The number of nitrogens with one attached hydrogen (secondary N) is 1. The van der Waals surface area contributed by atoms with Crippen LogP contribution in [0.5, 0.6) is 0 Å². The van der Waals surface area contributed by atoms with E-state index in [9.17, 15) is 0 Å². The molecule has 56 valence electrons. The molecule has 0 bridgehead atoms. The Bertz CT molecular complexity index is 203. The van der Waals surface area contributed by atoms with Gasteiger partial charge in [-0.15, -0.1) is 0 Å². The minimum Gasteiger partial charge on any atom is -0.321 e. The van der Waals surface area contributed by atoms with Crippen LogP contribution in [0.3, 0.4) is 0 Å². The van der Waals surface area contributed by atoms with Crippen molar-refractivity contribution in [3.63, 3.8) is 0 Å². The Hall–Kier alpha value is -0.900. The summed E-state index contributed by atoms with van der Waals surface area (Å²) in [6.45, 7) is 3.88. The summed E-state index contributed by atoms with van der Waals surface area (Å²) in [7, 11) is 0. The highest BCUT2D eigenvalue weighted by molar-refractivity contribution is 4.93. The number of H-pyrrole nitrogens is 1. The molecule has 0 aliphatic heterocycles. The van der Waals surface area contributed by atoms with E-state index in [1.54, 1.807) is 0 Å². The third-order valence-electron chi connectivity index (χ3n) is 1.29. The van der Waals surface area contributed by atoms with Crippen molar-refractivity contribution >= 4 is 0 Å². The molecule has 1 heterocycles. The molecule has 0 radical (unpaired) electrons. The van der Waals surface area contributed by atoms with Crippen LogP contribution in [0, 0.1) is 0 Å². The first kappa shape index (κ1) is 7.21. The molecule has 0 aliphatic carbocycles. The minimum atomic E-state index is -0.0726. The van der Waals surface area contributed by atoms with Crippen molar-refractivity contribution in [1.82, 2.24) is 15.2 Å². The molecule has 4 nitrogen and oxygen atoms in total. The third-order valence-corrected chi connectivity index (χ3v) is 1.29. The maximum absolute atomic E-state index is 5.54. The average Bonchev–Trinajstić information content (AvgIpc) is 2.34. The molecule has 1 aromatic heterocycles. The Kier molecular flexibility index (Phi) is 2.01. The number of nitrogens with two attached hydrogens (primary N) is 1. The van der Waals surface area contributed by atoms with Crippen molar-refractivity contribution < 1.29 is 0 Å². The fraction of sp³-hybridized carbons (Fsp3) is 0.667. The van der Waals surface area contributed by atoms with Gasteiger partial charge >= 0.3 is 0 Å². The van der Waals surface area contributed by atoms with E-state index in [4.69, 9.17) is 5.73 Å². The summed E-state index contributed by atoms with van der Waals surface area (Å²) < 4.78 is 0. The van der Waals surface area contributed by atoms with E-state index >= 15 is 0 Å². The van der Waals surface area contributed by atoms with Crippen LogP contribution in [0.1, 0.15) is 31.5 Å². The Balaban J connectivity index is 2.78. The topological polar surface area (TPSA) is 67.6 Å². The molecule has 0 unspecified atom stereocenters. The first-order chi connectivity index (χ1) is 4.74. The Morgan fingerprint density at radius 3 is 2.70 bits per heavy atom. The maximum atomic E-state index is 5.54. The average molecular weight is 140 g/mol. The maximum Gasteiger partial charge on any atom is 0.167 e. The second-order valence-electron chi connectivity index (χ2n) is 2.28. The number of hydrogen-bond donors (Lipinski definition) is 2. The van der Waals surface area contributed by atoms with Crippen molar-refractivity contribution in [1.29, 1.82) is 0 Å². The van der Waals surface area contributed by atoms with E-state index in [-0.39, 0.29) is 6.04 Å². The van der Waals surface area contributed by atoms with E-state index < -0.39 is 0 Å². The lowest BCUT2D eigenvalue weighted by Gasteiger charge is -1.93. The van der Waals surface area contributed by atoms with Crippen LogP contribution in [0.4, 0.5) is 0 Å². The first-order valence-corrected chi connectivity index (χ1v) is 3.40. The normalized spacial score (nSPS) is 13.5. The standard InChI is InChI=1S/C6H12N4/c1-3-5-8-6(4(2)7)10-9-5/h4H,3,7H2,1-2H3,(H,8,9,10)/t4-/m1/s1. The number of aromatic nitrogens is 3. The first-order valence-electron chi connectivity index (χ1n) is 3.40. The number of hydrogen-bond acceptors (Lipinski definition) is 3. The molecule has 0 aliphatic rings. The SMILES string of the molecule is CCc1nc([C@@H](C)N)n[nH]1. The second-order valence-corrected chi connectivity index (χ2v) is 2.28. The van der Waals surface area contributed by atoms with Crippen LogP contribution in [0.25, 0.3) is 0 Å². The van der Waals surface area contributed by atoms with Gasteiger partial charge in [-0.2, -0.15) is 5.10 Å². The van der Waals surface area contributed by atoms with Gasteiger partial charge in [0.05, 0.1) is 6.04 Å². The molecule has 1 rings (SSSR count). The number of aryl methyl sites for hydroxylation is 1. The summed E-state index contributed by atoms with van der Waals surface area (Å²) in [4.78, 5) is 4.14. The van der Waals surface area contributed by atoms with Crippen molar-refractivity contribution in [3.05, 3.63) is 11.6 Å². The van der Waals surface area contributed by atoms with Gasteiger partial charge in [0.15, 0.2) is 5.82 Å². The lowest BCUT2D eigenvalue weighted by molar-refractivity contribution is 0.744. The van der Waals surface area contributed by atoms with Gasteiger partial charge in [-0.25, -0.2) is 4.98 Å². The van der Waals surface area contributed by atoms with Gasteiger partial charge in [0.2, 0.25) is 0 Å². The zero-order valence-electron chi connectivity index (χ0n) is 6.26. The zero-order valence-corrected chi connectivity index (χ0v) is 6.26. The molecule has 0 amide bonds. The Morgan fingerprint density at radius 2 is 2.40 bits per heavy atom. The third kappa shape index (κ3) is 1.33. The summed E-state index contributed by atoms with van der Waals surface area (Å²) in [6.07, 6.45) is 0.875. The quantitative estimate of drug-likeness (QED) is 0.624. The monoisotopic (exact) mass is 140 g/mol. The summed E-state index contributed by atoms with van der Waals surface area (Å²) in [5.41, 5.74) is 5.54. The van der Waals surface area contributed by atoms with Crippen LogP contribution in [0.15, 0.2) is 0 Å². The lowest BCUT2D eigenvalue weighted by atomic mass is 10.3. The highest BCUT2D eigenvalue weighted by Crippen LogP contribution is 2.01. The lowest BCUT2D eigenvalue weighted by Crippen LogP contribution is -2.06. The molecule has 1 aromatic rings. The number of nitrogens with zero attached hydrogens (tertiary/aromatic N) is 2. The molecule has 3 N–H and O–H groups in total. The van der Waals surface area contributed by atoms with Crippen molar-refractivity contribution in [3.8, 4) is 0 Å². The van der Waals surface area contributed by atoms with Crippen LogP contribution in [-0.2, 0) is 6.42 Å². The molecule has 0 aromatic carbocycles. The summed E-state index contributed by atoms with van der Waals surface area (Å²) in [5.74, 6) is 1.59. The predicted octanol–water partition coefficient (Wildman–Crippen LogP) is 0.387. The fourth-order valence-electron chi connectivity index (χ4n) is 0.672. The number of rotatable bonds is 2. The highest BCUT2D eigenvalue weighted by atomic mass is 15.2. The Labute approximate surface area is 59.8 Å². The summed E-state index contributed by atoms with van der Waals surface area (Å²) in [6, 6.07) is -0.0726. The van der Waals surface area contributed by atoms with E-state index in [1.165, 1.54) is 0 Å². The molecule has 0 fully saturated rings. The van der Waals surface area contributed by atoms with E-state index in [2.05, 4.69) is 15.2 Å². The summed E-state index contributed by atoms with van der Waals surface area (Å²) >= 11 is 0. The van der Waals surface area contributed by atoms with Gasteiger partial charge in [0.25, 0.3) is 0 Å². The largest absolute Gasteiger partial charge is 0.321 e. The van der Waals surface area contributed by atoms with Gasteiger partial charge in [-0.3, -0.25) is 5.10 Å². The zero-order chi connectivity index (χ0) is 7.56. The van der Waals surface area contributed by atoms with E-state index in [1.807, 2.05) is 13.8 Å². The van der Waals surface area contributed by atoms with Gasteiger partial charge in [-0.05, 0) is 6.92 Å². The van der Waals surface area contributed by atoms with E-state index in [0.29, 0.717) is 5.82 Å². The van der Waals surface area contributed by atoms with Crippen LogP contribution >= 0.6 is 0 Å². The predicted molar refractivity (Wildman–Crippen MR) is 38.4 cm³/mol. The van der Waals surface area contributed by atoms with Crippen molar-refractivity contribution in [2.75, 3.05) is 0 Å². The molecule has 4 heteroatoms. The van der Waals surface area contributed by atoms with E-state index in [0.717, 1.165) is 12.2 Å². The highest BCUT2D eigenvalue weighted by Gasteiger charge is 2.04.